The predicted octanol–water partition coefficient (Wildman–Crippen LogP) is 2.59. The summed E-state index contributed by atoms with van der Waals surface area (Å²) in [6.07, 6.45) is 1.60. The van der Waals surface area contributed by atoms with E-state index in [4.69, 9.17) is 4.74 Å². The highest BCUT2D eigenvalue weighted by molar-refractivity contribution is 5.83. The topological polar surface area (TPSA) is 53.9 Å². The molecule has 2 aromatic rings. The van der Waals surface area contributed by atoms with Crippen LogP contribution < -0.4 is 15.1 Å². The highest BCUT2D eigenvalue weighted by Crippen LogP contribution is 2.15. The standard InChI is InChI=1S/C18H21N3O2/c1-14-6-4-5-7-17(14)23-13-18(22)20-19-12-15-8-10-16(11-9-15)21(2)3/h4-12H,13H2,1-3H3,(H,20,22)/b19-12-. The lowest BCUT2D eigenvalue weighted by Gasteiger charge is -2.11. The Morgan fingerprint density at radius 2 is 1.87 bits per heavy atom. The first-order chi connectivity index (χ1) is 11.1. The number of ether oxygens (including phenoxy) is 1. The molecule has 1 amide bonds. The number of hydrazone groups is 1. The van der Waals surface area contributed by atoms with Gasteiger partial charge in [-0.1, -0.05) is 30.3 Å². The third-order valence-electron chi connectivity index (χ3n) is 3.26. The van der Waals surface area contributed by atoms with Crippen molar-refractivity contribution in [2.24, 2.45) is 5.10 Å². The lowest BCUT2D eigenvalue weighted by atomic mass is 10.2. The third kappa shape index (κ3) is 5.14. The van der Waals surface area contributed by atoms with Crippen LogP contribution in [0.2, 0.25) is 0 Å². The van der Waals surface area contributed by atoms with Gasteiger partial charge < -0.3 is 9.64 Å². The van der Waals surface area contributed by atoms with Crippen molar-refractivity contribution in [2.75, 3.05) is 25.6 Å². The average Bonchev–Trinajstić information content (AvgIpc) is 2.54. The van der Waals surface area contributed by atoms with Crippen molar-refractivity contribution < 1.29 is 9.53 Å². The van der Waals surface area contributed by atoms with E-state index in [2.05, 4.69) is 10.5 Å². The maximum Gasteiger partial charge on any atom is 0.277 e. The summed E-state index contributed by atoms with van der Waals surface area (Å²) in [6.45, 7) is 1.87. The Labute approximate surface area is 136 Å². The highest BCUT2D eigenvalue weighted by Gasteiger charge is 2.03. The number of amides is 1. The van der Waals surface area contributed by atoms with Gasteiger partial charge in [0.1, 0.15) is 5.75 Å². The predicted molar refractivity (Wildman–Crippen MR) is 93.2 cm³/mol. The van der Waals surface area contributed by atoms with Gasteiger partial charge in [0.15, 0.2) is 6.61 Å². The van der Waals surface area contributed by atoms with Crippen molar-refractivity contribution in [2.45, 2.75) is 6.92 Å². The van der Waals surface area contributed by atoms with Crippen LogP contribution in [-0.2, 0) is 4.79 Å². The number of benzene rings is 2. The quantitative estimate of drug-likeness (QED) is 0.659. The van der Waals surface area contributed by atoms with Gasteiger partial charge in [-0.25, -0.2) is 5.43 Å². The number of carbonyl (C=O) groups is 1. The molecule has 0 aliphatic heterocycles. The molecule has 2 aromatic carbocycles. The molecule has 5 heteroatoms. The van der Waals surface area contributed by atoms with Crippen LogP contribution in [0.1, 0.15) is 11.1 Å². The molecule has 0 aliphatic carbocycles. The summed E-state index contributed by atoms with van der Waals surface area (Å²) in [5.41, 5.74) is 5.47. The lowest BCUT2D eigenvalue weighted by Crippen LogP contribution is -2.24. The molecule has 0 atom stereocenters. The second-order valence-corrected chi connectivity index (χ2v) is 5.33. The van der Waals surface area contributed by atoms with Crippen molar-refractivity contribution in [1.82, 2.24) is 5.43 Å². The van der Waals surface area contributed by atoms with Crippen molar-refractivity contribution in [3.05, 3.63) is 59.7 Å². The first-order valence-electron chi connectivity index (χ1n) is 7.34. The SMILES string of the molecule is Cc1ccccc1OCC(=O)N/N=C\c1ccc(N(C)C)cc1. The number of nitrogens with zero attached hydrogens (tertiary/aromatic N) is 2. The van der Waals surface area contributed by atoms with E-state index < -0.39 is 0 Å². The number of hydrogen-bond donors (Lipinski definition) is 1. The van der Waals surface area contributed by atoms with Crippen LogP contribution in [0.25, 0.3) is 0 Å². The number of hydrogen-bond acceptors (Lipinski definition) is 4. The minimum atomic E-state index is -0.297. The minimum Gasteiger partial charge on any atom is -0.483 e. The zero-order valence-electron chi connectivity index (χ0n) is 13.6. The molecule has 1 N–H and O–H groups in total. The normalized spacial score (nSPS) is 10.6. The molecule has 2 rings (SSSR count). The van der Waals surface area contributed by atoms with Crippen molar-refractivity contribution in [3.8, 4) is 5.75 Å². The minimum absolute atomic E-state index is 0.0677. The number of aryl methyl sites for hydroxylation is 1. The number of para-hydroxylation sites is 1. The Hall–Kier alpha value is -2.82. The molecule has 0 fully saturated rings. The van der Waals surface area contributed by atoms with E-state index >= 15 is 0 Å². The molecule has 0 unspecified atom stereocenters. The Bertz CT molecular complexity index is 679. The van der Waals surface area contributed by atoms with E-state index in [1.165, 1.54) is 0 Å². The summed E-state index contributed by atoms with van der Waals surface area (Å²) in [5.74, 6) is 0.403. The van der Waals surface area contributed by atoms with Gasteiger partial charge in [0, 0.05) is 19.8 Å². The summed E-state index contributed by atoms with van der Waals surface area (Å²) in [4.78, 5) is 13.7. The maximum atomic E-state index is 11.7. The molecule has 0 saturated heterocycles. The third-order valence-corrected chi connectivity index (χ3v) is 3.26. The summed E-state index contributed by atoms with van der Waals surface area (Å²) < 4.78 is 5.45. The van der Waals surface area contributed by atoms with Crippen LogP contribution in [0.5, 0.6) is 5.75 Å². The van der Waals surface area contributed by atoms with Gasteiger partial charge in [0.05, 0.1) is 6.21 Å². The Kier molecular flexibility index (Phi) is 5.74. The van der Waals surface area contributed by atoms with E-state index in [1.807, 2.05) is 74.4 Å². The maximum absolute atomic E-state index is 11.7. The average molecular weight is 311 g/mol. The smallest absolute Gasteiger partial charge is 0.277 e. The summed E-state index contributed by atoms with van der Waals surface area (Å²) >= 11 is 0. The van der Waals surface area contributed by atoms with E-state index in [9.17, 15) is 4.79 Å². The van der Waals surface area contributed by atoms with Gasteiger partial charge in [-0.2, -0.15) is 5.10 Å². The Morgan fingerprint density at radius 1 is 1.17 bits per heavy atom. The van der Waals surface area contributed by atoms with Gasteiger partial charge in [0.25, 0.3) is 5.91 Å². The molecule has 120 valence electrons. The lowest BCUT2D eigenvalue weighted by molar-refractivity contribution is -0.123. The van der Waals surface area contributed by atoms with Gasteiger partial charge in [-0.05, 0) is 36.2 Å². The molecule has 0 aliphatic rings. The Morgan fingerprint density at radius 3 is 2.52 bits per heavy atom. The second kappa shape index (κ2) is 7.98. The van der Waals surface area contributed by atoms with Crippen LogP contribution in [0.3, 0.4) is 0 Å². The van der Waals surface area contributed by atoms with Gasteiger partial charge in [-0.3, -0.25) is 4.79 Å². The van der Waals surface area contributed by atoms with E-state index in [-0.39, 0.29) is 12.5 Å². The van der Waals surface area contributed by atoms with E-state index in [0.29, 0.717) is 5.75 Å². The molecule has 0 radical (unpaired) electrons. The molecule has 0 bridgehead atoms. The molecular weight excluding hydrogens is 290 g/mol. The second-order valence-electron chi connectivity index (χ2n) is 5.33. The largest absolute Gasteiger partial charge is 0.483 e. The fourth-order valence-corrected chi connectivity index (χ4v) is 1.93. The molecule has 0 spiro atoms. The molecule has 0 saturated carbocycles. The van der Waals surface area contributed by atoms with Gasteiger partial charge in [-0.15, -0.1) is 0 Å². The monoisotopic (exact) mass is 311 g/mol. The van der Waals surface area contributed by atoms with Crippen LogP contribution >= 0.6 is 0 Å². The molecule has 23 heavy (non-hydrogen) atoms. The van der Waals surface area contributed by atoms with E-state index in [0.717, 1.165) is 16.8 Å². The summed E-state index contributed by atoms with van der Waals surface area (Å²) in [6, 6.07) is 15.4. The molecular formula is C18H21N3O2. The summed E-state index contributed by atoms with van der Waals surface area (Å²) in [5, 5.41) is 3.93. The molecule has 0 aromatic heterocycles. The van der Waals surface area contributed by atoms with Crippen LogP contribution in [0.4, 0.5) is 5.69 Å². The van der Waals surface area contributed by atoms with Crippen LogP contribution in [0.15, 0.2) is 53.6 Å². The van der Waals surface area contributed by atoms with Crippen LogP contribution in [-0.4, -0.2) is 32.8 Å². The Balaban J connectivity index is 1.80. The van der Waals surface area contributed by atoms with Crippen molar-refractivity contribution in [3.63, 3.8) is 0 Å². The zero-order valence-corrected chi connectivity index (χ0v) is 13.6. The number of rotatable bonds is 6. The van der Waals surface area contributed by atoms with Gasteiger partial charge in [0.2, 0.25) is 0 Å². The van der Waals surface area contributed by atoms with Gasteiger partial charge >= 0.3 is 0 Å². The first-order valence-corrected chi connectivity index (χ1v) is 7.34. The fourth-order valence-electron chi connectivity index (χ4n) is 1.93. The summed E-state index contributed by atoms with van der Waals surface area (Å²) in [7, 11) is 3.97. The highest BCUT2D eigenvalue weighted by atomic mass is 16.5. The molecule has 0 heterocycles. The number of nitrogens with one attached hydrogen (secondary N) is 1. The number of anilines is 1. The van der Waals surface area contributed by atoms with Crippen LogP contribution in [0, 0.1) is 6.92 Å². The van der Waals surface area contributed by atoms with Crippen molar-refractivity contribution >= 4 is 17.8 Å². The van der Waals surface area contributed by atoms with Crippen molar-refractivity contribution in [1.29, 1.82) is 0 Å². The first kappa shape index (κ1) is 16.5. The zero-order chi connectivity index (χ0) is 16.7. The number of carbonyl (C=O) groups excluding carboxylic acids is 1. The fraction of sp³-hybridized carbons (Fsp3) is 0.222. The van der Waals surface area contributed by atoms with E-state index in [1.54, 1.807) is 6.21 Å². The molecule has 5 nitrogen and oxygen atoms in total.